The smallest absolute Gasteiger partial charge is 0.433 e. The van der Waals surface area contributed by atoms with Crippen molar-refractivity contribution in [3.8, 4) is 5.88 Å². The van der Waals surface area contributed by atoms with Crippen LogP contribution in [0.3, 0.4) is 0 Å². The number of fused-ring (bicyclic) bond motifs is 1. The van der Waals surface area contributed by atoms with Crippen molar-refractivity contribution in [1.82, 2.24) is 24.7 Å². The number of aliphatic hydroxyl groups is 1. The lowest BCUT2D eigenvalue weighted by molar-refractivity contribution is -0.141. The lowest BCUT2D eigenvalue weighted by Gasteiger charge is -2.43. The highest BCUT2D eigenvalue weighted by Gasteiger charge is 2.48. The zero-order valence-corrected chi connectivity index (χ0v) is 20.9. The van der Waals surface area contributed by atoms with E-state index in [1.807, 2.05) is 0 Å². The Morgan fingerprint density at radius 2 is 1.97 bits per heavy atom. The molecule has 37 heavy (non-hydrogen) atoms. The zero-order chi connectivity index (χ0) is 27.1. The molecule has 1 atom stereocenters. The number of pyridine rings is 1. The molecule has 3 aromatic heterocycles. The van der Waals surface area contributed by atoms with Gasteiger partial charge in [0, 0.05) is 36.8 Å². The summed E-state index contributed by atoms with van der Waals surface area (Å²) in [5, 5.41) is 21.1. The molecule has 1 amide bonds. The second kappa shape index (κ2) is 9.50. The molecule has 11 nitrogen and oxygen atoms in total. The highest BCUT2D eigenvalue weighted by atomic mass is 19.4. The maximum atomic E-state index is 12.9. The zero-order valence-electron chi connectivity index (χ0n) is 20.9. The van der Waals surface area contributed by atoms with Gasteiger partial charge >= 0.3 is 6.18 Å². The van der Waals surface area contributed by atoms with E-state index < -0.39 is 29.4 Å². The average molecular weight is 521 g/mol. The van der Waals surface area contributed by atoms with Crippen LogP contribution in [-0.2, 0) is 24.1 Å². The number of halogens is 3. The van der Waals surface area contributed by atoms with E-state index in [0.717, 1.165) is 11.6 Å². The number of rotatable bonds is 7. The van der Waals surface area contributed by atoms with Gasteiger partial charge in [-0.05, 0) is 19.1 Å². The third-order valence-corrected chi connectivity index (χ3v) is 6.17. The SMILES string of the molecule is COc1nc(C(F)(F)F)ccc1Cn1cc(CNc2nc(C)c3c(n2)N(C)[C@](O)(C(C)C)C(=O)N3)cn1. The molecular formula is C23H27F3N8O3. The molecule has 4 rings (SSSR count). The van der Waals surface area contributed by atoms with Crippen LogP contribution in [0.4, 0.5) is 30.6 Å². The third-order valence-electron chi connectivity index (χ3n) is 6.17. The molecule has 0 unspecified atom stereocenters. The second-order valence-electron chi connectivity index (χ2n) is 8.99. The molecule has 0 radical (unpaired) electrons. The van der Waals surface area contributed by atoms with E-state index in [1.54, 1.807) is 44.9 Å². The summed E-state index contributed by atoms with van der Waals surface area (Å²) in [6, 6.07) is 2.21. The minimum absolute atomic E-state index is 0.125. The summed E-state index contributed by atoms with van der Waals surface area (Å²) in [5.41, 5.74) is -0.643. The number of anilines is 3. The summed E-state index contributed by atoms with van der Waals surface area (Å²) in [6.45, 7) is 5.65. The Balaban J connectivity index is 1.49. The first-order valence-corrected chi connectivity index (χ1v) is 11.4. The molecule has 198 valence electrons. The van der Waals surface area contributed by atoms with E-state index in [9.17, 15) is 23.1 Å². The molecule has 1 aliphatic heterocycles. The molecule has 1 aliphatic rings. The van der Waals surface area contributed by atoms with Crippen molar-refractivity contribution in [2.24, 2.45) is 5.92 Å². The number of likely N-dealkylation sites (N-methyl/N-ethyl adjacent to an activating group) is 1. The molecule has 0 spiro atoms. The number of ether oxygens (including phenoxy) is 1. The standard InChI is InChI=1S/C23H27F3N8O3/c1-12(2)22(36)20(35)31-17-13(3)29-21(32-18(17)33(22)4)27-8-14-9-28-34(10-14)11-15-6-7-16(23(24,25)26)30-19(15)37-5/h6-7,9-10,12,36H,8,11H2,1-5H3,(H,31,35)(H,27,29,32)/t22-/m0/s1. The fraction of sp³-hybridized carbons (Fsp3) is 0.435. The van der Waals surface area contributed by atoms with Crippen LogP contribution in [0.5, 0.6) is 5.88 Å². The maximum absolute atomic E-state index is 12.9. The van der Waals surface area contributed by atoms with Crippen LogP contribution in [0.1, 0.15) is 36.4 Å². The Hall–Kier alpha value is -3.94. The van der Waals surface area contributed by atoms with Crippen molar-refractivity contribution in [3.05, 3.63) is 47.0 Å². The first-order valence-electron chi connectivity index (χ1n) is 11.4. The largest absolute Gasteiger partial charge is 0.481 e. The van der Waals surface area contributed by atoms with Gasteiger partial charge in [0.05, 0.1) is 25.5 Å². The summed E-state index contributed by atoms with van der Waals surface area (Å²) in [5.74, 6) is -0.408. The number of methoxy groups -OCH3 is 1. The van der Waals surface area contributed by atoms with Crippen LogP contribution in [0.15, 0.2) is 24.5 Å². The van der Waals surface area contributed by atoms with E-state index in [1.165, 1.54) is 18.1 Å². The molecule has 4 heterocycles. The van der Waals surface area contributed by atoms with Crippen molar-refractivity contribution in [3.63, 3.8) is 0 Å². The van der Waals surface area contributed by atoms with E-state index >= 15 is 0 Å². The summed E-state index contributed by atoms with van der Waals surface area (Å²) < 4.78 is 45.4. The van der Waals surface area contributed by atoms with E-state index in [4.69, 9.17) is 4.74 Å². The molecular weight excluding hydrogens is 493 g/mol. The van der Waals surface area contributed by atoms with E-state index in [-0.39, 0.29) is 18.4 Å². The topological polar surface area (TPSA) is 130 Å². The van der Waals surface area contributed by atoms with Crippen molar-refractivity contribution in [2.75, 3.05) is 29.7 Å². The molecule has 0 aliphatic carbocycles. The van der Waals surface area contributed by atoms with Crippen molar-refractivity contribution in [1.29, 1.82) is 0 Å². The lowest BCUT2D eigenvalue weighted by atomic mass is 9.94. The van der Waals surface area contributed by atoms with Crippen molar-refractivity contribution < 1.29 is 27.8 Å². The van der Waals surface area contributed by atoms with Crippen LogP contribution in [0, 0.1) is 12.8 Å². The van der Waals surface area contributed by atoms with Crippen LogP contribution in [-0.4, -0.2) is 55.6 Å². The minimum atomic E-state index is -4.57. The van der Waals surface area contributed by atoms with Gasteiger partial charge in [0.2, 0.25) is 17.6 Å². The molecule has 3 N–H and O–H groups in total. The highest BCUT2D eigenvalue weighted by Crippen LogP contribution is 2.38. The quantitative estimate of drug-likeness (QED) is 0.431. The monoisotopic (exact) mass is 520 g/mol. The van der Waals surface area contributed by atoms with Gasteiger partial charge in [-0.25, -0.2) is 9.97 Å². The molecule has 14 heteroatoms. The normalized spacial score (nSPS) is 17.6. The number of aromatic nitrogens is 5. The maximum Gasteiger partial charge on any atom is 0.433 e. The first-order chi connectivity index (χ1) is 17.3. The molecule has 0 saturated carbocycles. The number of hydrogen-bond acceptors (Lipinski definition) is 9. The summed E-state index contributed by atoms with van der Waals surface area (Å²) in [6.07, 6.45) is -1.24. The van der Waals surface area contributed by atoms with Crippen LogP contribution in [0.25, 0.3) is 0 Å². The molecule has 0 saturated heterocycles. The Labute approximate surface area is 210 Å². The van der Waals surface area contributed by atoms with Gasteiger partial charge < -0.3 is 25.4 Å². The lowest BCUT2D eigenvalue weighted by Crippen LogP contribution is -2.62. The summed E-state index contributed by atoms with van der Waals surface area (Å²) in [4.78, 5) is 26.5. The number of amides is 1. The van der Waals surface area contributed by atoms with Gasteiger partial charge in [0.25, 0.3) is 5.91 Å². The Morgan fingerprint density at radius 1 is 1.24 bits per heavy atom. The predicted molar refractivity (Wildman–Crippen MR) is 128 cm³/mol. The second-order valence-corrected chi connectivity index (χ2v) is 8.99. The Morgan fingerprint density at radius 3 is 2.62 bits per heavy atom. The first kappa shape index (κ1) is 26.1. The average Bonchev–Trinajstić information content (AvgIpc) is 3.28. The number of carbonyl (C=O) groups is 1. The number of hydrogen-bond donors (Lipinski definition) is 3. The summed E-state index contributed by atoms with van der Waals surface area (Å²) in [7, 11) is 2.86. The minimum Gasteiger partial charge on any atom is -0.481 e. The van der Waals surface area contributed by atoms with Crippen molar-refractivity contribution >= 4 is 23.4 Å². The fourth-order valence-corrected chi connectivity index (χ4v) is 4.06. The van der Waals surface area contributed by atoms with Gasteiger partial charge in [-0.2, -0.15) is 23.3 Å². The number of carbonyl (C=O) groups excluding carboxylic acids is 1. The van der Waals surface area contributed by atoms with Crippen LogP contribution >= 0.6 is 0 Å². The van der Waals surface area contributed by atoms with Crippen LogP contribution in [0.2, 0.25) is 0 Å². The predicted octanol–water partition coefficient (Wildman–Crippen LogP) is 2.80. The fourth-order valence-electron chi connectivity index (χ4n) is 4.06. The van der Waals surface area contributed by atoms with Gasteiger partial charge in [-0.1, -0.05) is 13.8 Å². The third kappa shape index (κ3) is 4.88. The van der Waals surface area contributed by atoms with Crippen LogP contribution < -0.4 is 20.3 Å². The molecule has 0 bridgehead atoms. The number of nitrogens with one attached hydrogen (secondary N) is 2. The van der Waals surface area contributed by atoms with Gasteiger partial charge in [0.15, 0.2) is 5.82 Å². The van der Waals surface area contributed by atoms with Gasteiger partial charge in [-0.15, -0.1) is 0 Å². The van der Waals surface area contributed by atoms with Crippen molar-refractivity contribution in [2.45, 2.75) is 45.8 Å². The molecule has 0 fully saturated rings. The summed E-state index contributed by atoms with van der Waals surface area (Å²) >= 11 is 0. The van der Waals surface area contributed by atoms with E-state index in [2.05, 4.69) is 30.7 Å². The number of aryl methyl sites for hydroxylation is 1. The number of nitrogens with zero attached hydrogens (tertiary/aromatic N) is 6. The van der Waals surface area contributed by atoms with Gasteiger partial charge in [0.1, 0.15) is 11.4 Å². The molecule has 3 aromatic rings. The Kier molecular flexibility index (Phi) is 6.71. The van der Waals surface area contributed by atoms with Gasteiger partial charge in [-0.3, -0.25) is 9.48 Å². The Bertz CT molecular complexity index is 1330. The highest BCUT2D eigenvalue weighted by molar-refractivity contribution is 6.05. The number of alkyl halides is 3. The van der Waals surface area contributed by atoms with E-state index in [0.29, 0.717) is 29.3 Å². The molecule has 0 aromatic carbocycles.